The molecule has 0 aliphatic rings. The monoisotopic (exact) mass is 332 g/mol. The van der Waals surface area contributed by atoms with Gasteiger partial charge in [-0.15, -0.1) is 0 Å². The average molecular weight is 333 g/mol. The van der Waals surface area contributed by atoms with E-state index >= 15 is 0 Å². The lowest BCUT2D eigenvalue weighted by Gasteiger charge is -2.08. The fourth-order valence-electron chi connectivity index (χ4n) is 2.69. The molecule has 2 nitrogen and oxygen atoms in total. The molecule has 22 heavy (non-hydrogen) atoms. The number of benzene rings is 2. The second kappa shape index (κ2) is 6.74. The summed E-state index contributed by atoms with van der Waals surface area (Å²) in [5.41, 5.74) is 3.60. The molecule has 1 heterocycles. The Balaban J connectivity index is 1.99. The lowest BCUT2D eigenvalue weighted by molar-refractivity contribution is 0.724. The first kappa shape index (κ1) is 15.4. The number of hydrogen-bond donors (Lipinski definition) is 1. The number of nitrogens with one attached hydrogen (secondary N) is 1. The second-order valence-electron chi connectivity index (χ2n) is 5.32. The van der Waals surface area contributed by atoms with Crippen LogP contribution in [-0.2, 0) is 13.1 Å². The van der Waals surface area contributed by atoms with E-state index in [9.17, 15) is 0 Å². The van der Waals surface area contributed by atoms with Gasteiger partial charge in [-0.1, -0.05) is 54.4 Å². The largest absolute Gasteiger partial charge is 0.343 e. The summed E-state index contributed by atoms with van der Waals surface area (Å²) in [6.45, 7) is 4.69. The first-order valence-corrected chi connectivity index (χ1v) is 8.16. The fourth-order valence-corrected chi connectivity index (χ4v) is 3.16. The lowest BCUT2D eigenvalue weighted by atomic mass is 10.2. The van der Waals surface area contributed by atoms with Crippen LogP contribution in [-0.4, -0.2) is 11.1 Å². The molecule has 0 saturated carbocycles. The van der Waals surface area contributed by atoms with Gasteiger partial charge in [-0.3, -0.25) is 0 Å². The Labute approximate surface area is 140 Å². The SMILES string of the molecule is CCNCc1cn(Cc2ccc(Cl)cc2Cl)c2ccccc12. The molecule has 0 radical (unpaired) electrons. The van der Waals surface area contributed by atoms with Crippen LogP contribution in [0.1, 0.15) is 18.1 Å². The van der Waals surface area contributed by atoms with Gasteiger partial charge in [-0.05, 0) is 35.9 Å². The molecule has 2 aromatic carbocycles. The first-order valence-electron chi connectivity index (χ1n) is 7.40. The predicted molar refractivity (Wildman–Crippen MR) is 94.9 cm³/mol. The van der Waals surface area contributed by atoms with E-state index in [1.165, 1.54) is 16.5 Å². The van der Waals surface area contributed by atoms with Crippen molar-refractivity contribution in [1.82, 2.24) is 9.88 Å². The van der Waals surface area contributed by atoms with Crippen molar-refractivity contribution < 1.29 is 0 Å². The van der Waals surface area contributed by atoms with Gasteiger partial charge in [0.2, 0.25) is 0 Å². The van der Waals surface area contributed by atoms with Crippen molar-refractivity contribution in [3.8, 4) is 0 Å². The molecule has 3 rings (SSSR count). The molecule has 114 valence electrons. The third-order valence-electron chi connectivity index (χ3n) is 3.79. The molecular formula is C18H18Cl2N2. The van der Waals surface area contributed by atoms with Crippen LogP contribution >= 0.6 is 23.2 Å². The van der Waals surface area contributed by atoms with E-state index < -0.39 is 0 Å². The Hall–Kier alpha value is -1.48. The van der Waals surface area contributed by atoms with Crippen molar-refractivity contribution in [2.75, 3.05) is 6.54 Å². The summed E-state index contributed by atoms with van der Waals surface area (Å²) in [5.74, 6) is 0. The van der Waals surface area contributed by atoms with E-state index in [1.807, 2.05) is 12.1 Å². The Morgan fingerprint density at radius 1 is 1.05 bits per heavy atom. The van der Waals surface area contributed by atoms with E-state index in [-0.39, 0.29) is 0 Å². The molecule has 4 heteroatoms. The fraction of sp³-hybridized carbons (Fsp3) is 0.222. The number of aromatic nitrogens is 1. The van der Waals surface area contributed by atoms with Crippen LogP contribution in [0.25, 0.3) is 10.9 Å². The minimum Gasteiger partial charge on any atom is -0.343 e. The van der Waals surface area contributed by atoms with Gasteiger partial charge in [0.25, 0.3) is 0 Å². The zero-order chi connectivity index (χ0) is 15.5. The minimum atomic E-state index is 0.666. The lowest BCUT2D eigenvalue weighted by Crippen LogP contribution is -2.11. The van der Waals surface area contributed by atoms with Crippen LogP contribution in [0, 0.1) is 0 Å². The molecule has 0 aliphatic carbocycles. The Bertz CT molecular complexity index is 793. The van der Waals surface area contributed by atoms with Crippen molar-refractivity contribution in [2.24, 2.45) is 0 Å². The molecule has 0 aliphatic heterocycles. The number of fused-ring (bicyclic) bond motifs is 1. The highest BCUT2D eigenvalue weighted by atomic mass is 35.5. The number of rotatable bonds is 5. The van der Waals surface area contributed by atoms with Gasteiger partial charge in [0.05, 0.1) is 0 Å². The summed E-state index contributed by atoms with van der Waals surface area (Å²) < 4.78 is 2.25. The quantitative estimate of drug-likeness (QED) is 0.687. The highest BCUT2D eigenvalue weighted by Gasteiger charge is 2.09. The van der Waals surface area contributed by atoms with Gasteiger partial charge in [-0.2, -0.15) is 0 Å². The third-order valence-corrected chi connectivity index (χ3v) is 4.38. The van der Waals surface area contributed by atoms with E-state index in [1.54, 1.807) is 6.07 Å². The second-order valence-corrected chi connectivity index (χ2v) is 6.16. The normalized spacial score (nSPS) is 11.2. The first-order chi connectivity index (χ1) is 10.7. The molecule has 1 aromatic heterocycles. The van der Waals surface area contributed by atoms with Crippen LogP contribution in [0.4, 0.5) is 0 Å². The summed E-state index contributed by atoms with van der Waals surface area (Å²) in [6.07, 6.45) is 2.21. The maximum atomic E-state index is 6.31. The van der Waals surface area contributed by atoms with Gasteiger partial charge in [0.15, 0.2) is 0 Å². The van der Waals surface area contributed by atoms with Crippen molar-refractivity contribution in [3.63, 3.8) is 0 Å². The summed E-state index contributed by atoms with van der Waals surface area (Å²) in [5, 5.41) is 6.05. The maximum Gasteiger partial charge on any atom is 0.0491 e. The van der Waals surface area contributed by atoms with Gasteiger partial charge < -0.3 is 9.88 Å². The molecular weight excluding hydrogens is 315 g/mol. The van der Waals surface area contributed by atoms with Crippen molar-refractivity contribution in [3.05, 3.63) is 69.8 Å². The van der Waals surface area contributed by atoms with Gasteiger partial charge in [0.1, 0.15) is 0 Å². The molecule has 0 saturated heterocycles. The topological polar surface area (TPSA) is 17.0 Å². The summed E-state index contributed by atoms with van der Waals surface area (Å²) >= 11 is 12.3. The number of nitrogens with zero attached hydrogens (tertiary/aromatic N) is 1. The van der Waals surface area contributed by atoms with E-state index in [0.29, 0.717) is 10.0 Å². The number of para-hydroxylation sites is 1. The average Bonchev–Trinajstić information content (AvgIpc) is 2.86. The van der Waals surface area contributed by atoms with Gasteiger partial charge in [-0.25, -0.2) is 0 Å². The molecule has 1 N–H and O–H groups in total. The molecule has 0 atom stereocenters. The molecule has 3 aromatic rings. The maximum absolute atomic E-state index is 6.31. The van der Waals surface area contributed by atoms with Crippen LogP contribution in [0.5, 0.6) is 0 Å². The van der Waals surface area contributed by atoms with Crippen molar-refractivity contribution in [1.29, 1.82) is 0 Å². The molecule has 0 spiro atoms. The van der Waals surface area contributed by atoms with Crippen LogP contribution < -0.4 is 5.32 Å². The zero-order valence-corrected chi connectivity index (χ0v) is 14.0. The molecule has 0 unspecified atom stereocenters. The number of hydrogen-bond acceptors (Lipinski definition) is 1. The Kier molecular flexibility index (Phi) is 4.72. The minimum absolute atomic E-state index is 0.666. The third kappa shape index (κ3) is 3.14. The number of halogens is 2. The van der Waals surface area contributed by atoms with Crippen molar-refractivity contribution in [2.45, 2.75) is 20.0 Å². The highest BCUT2D eigenvalue weighted by molar-refractivity contribution is 6.35. The molecule has 0 fully saturated rings. The molecule has 0 bridgehead atoms. The molecule has 0 amide bonds. The predicted octanol–water partition coefficient (Wildman–Crippen LogP) is 5.11. The Morgan fingerprint density at radius 2 is 1.86 bits per heavy atom. The summed E-state index contributed by atoms with van der Waals surface area (Å²) in [6, 6.07) is 14.1. The Morgan fingerprint density at radius 3 is 2.64 bits per heavy atom. The van der Waals surface area contributed by atoms with Crippen LogP contribution in [0.15, 0.2) is 48.7 Å². The van der Waals surface area contributed by atoms with Crippen LogP contribution in [0.3, 0.4) is 0 Å². The van der Waals surface area contributed by atoms with E-state index in [0.717, 1.165) is 25.2 Å². The van der Waals surface area contributed by atoms with Crippen molar-refractivity contribution >= 4 is 34.1 Å². The smallest absolute Gasteiger partial charge is 0.0491 e. The summed E-state index contributed by atoms with van der Waals surface area (Å²) in [7, 11) is 0. The summed E-state index contributed by atoms with van der Waals surface area (Å²) in [4.78, 5) is 0. The van der Waals surface area contributed by atoms with Gasteiger partial charge in [0, 0.05) is 40.2 Å². The van der Waals surface area contributed by atoms with Crippen LogP contribution in [0.2, 0.25) is 10.0 Å². The van der Waals surface area contributed by atoms with E-state index in [4.69, 9.17) is 23.2 Å². The van der Waals surface area contributed by atoms with Gasteiger partial charge >= 0.3 is 0 Å². The highest BCUT2D eigenvalue weighted by Crippen LogP contribution is 2.26. The zero-order valence-electron chi connectivity index (χ0n) is 12.4. The van der Waals surface area contributed by atoms with E-state index in [2.05, 4.69) is 47.3 Å². The standard InChI is InChI=1S/C18H18Cl2N2/c1-2-21-10-14-12-22(18-6-4-3-5-16(14)18)11-13-7-8-15(19)9-17(13)20/h3-9,12,21H,2,10-11H2,1H3.